The number of nitrogens with zero attached hydrogens (tertiary/aromatic N) is 1. The van der Waals surface area contributed by atoms with Crippen LogP contribution < -0.4 is 20.5 Å². The normalized spacial score (nSPS) is 15.9. The van der Waals surface area contributed by atoms with Crippen LogP contribution in [0.3, 0.4) is 0 Å². The second kappa shape index (κ2) is 9.18. The summed E-state index contributed by atoms with van der Waals surface area (Å²) in [7, 11) is 0. The number of rotatable bonds is 6. The van der Waals surface area contributed by atoms with Crippen LogP contribution in [0, 0.1) is 11.7 Å². The molecule has 1 heterocycles. The Labute approximate surface area is 167 Å². The lowest BCUT2D eigenvalue weighted by Crippen LogP contribution is -2.46. The van der Waals surface area contributed by atoms with Crippen LogP contribution in [0.1, 0.15) is 18.9 Å². The summed E-state index contributed by atoms with van der Waals surface area (Å²) in [4.78, 5) is 38.0. The Hall–Kier alpha value is -3.42. The number of hydrazine groups is 1. The van der Waals surface area contributed by atoms with Crippen LogP contribution in [0.25, 0.3) is 0 Å². The van der Waals surface area contributed by atoms with E-state index in [9.17, 15) is 18.8 Å². The molecule has 29 heavy (non-hydrogen) atoms. The van der Waals surface area contributed by atoms with Crippen molar-refractivity contribution >= 4 is 23.4 Å². The van der Waals surface area contributed by atoms with E-state index in [2.05, 4.69) is 17.8 Å². The standard InChI is InChI=1S/C21H22FN3O4/c1-2-14-3-7-17(8-4-14)25-12-15(11-20(25)27)21(28)24-23-19(26)13-29-18-9-5-16(22)6-10-18/h3-10,15H,2,11-13H2,1H3,(H,23,26)(H,24,28). The highest BCUT2D eigenvalue weighted by Gasteiger charge is 2.35. The predicted molar refractivity (Wildman–Crippen MR) is 104 cm³/mol. The SMILES string of the molecule is CCc1ccc(N2CC(C(=O)NNC(=O)COc3ccc(F)cc3)CC2=O)cc1. The highest BCUT2D eigenvalue weighted by Crippen LogP contribution is 2.25. The summed E-state index contributed by atoms with van der Waals surface area (Å²) < 4.78 is 18.0. The number of benzene rings is 2. The lowest BCUT2D eigenvalue weighted by molar-refractivity contribution is -0.132. The number of aryl methyl sites for hydroxylation is 1. The van der Waals surface area contributed by atoms with E-state index in [1.165, 1.54) is 29.8 Å². The highest BCUT2D eigenvalue weighted by molar-refractivity contribution is 6.00. The first-order valence-electron chi connectivity index (χ1n) is 9.32. The summed E-state index contributed by atoms with van der Waals surface area (Å²) in [5.41, 5.74) is 6.50. The van der Waals surface area contributed by atoms with Crippen LogP contribution in [-0.2, 0) is 20.8 Å². The zero-order valence-electron chi connectivity index (χ0n) is 16.0. The molecule has 0 aliphatic carbocycles. The third-order valence-electron chi connectivity index (χ3n) is 4.66. The van der Waals surface area contributed by atoms with E-state index >= 15 is 0 Å². The summed E-state index contributed by atoms with van der Waals surface area (Å²) >= 11 is 0. The van der Waals surface area contributed by atoms with Crippen molar-refractivity contribution in [1.29, 1.82) is 0 Å². The van der Waals surface area contributed by atoms with E-state index in [-0.39, 0.29) is 25.5 Å². The summed E-state index contributed by atoms with van der Waals surface area (Å²) in [5.74, 6) is -1.79. The Morgan fingerprint density at radius 3 is 2.45 bits per heavy atom. The summed E-state index contributed by atoms with van der Waals surface area (Å²) in [6.45, 7) is 1.96. The van der Waals surface area contributed by atoms with Crippen LogP contribution in [-0.4, -0.2) is 30.9 Å². The van der Waals surface area contributed by atoms with Crippen molar-refractivity contribution in [3.8, 4) is 5.75 Å². The first-order valence-corrected chi connectivity index (χ1v) is 9.32. The smallest absolute Gasteiger partial charge is 0.276 e. The molecule has 8 heteroatoms. The Bertz CT molecular complexity index is 884. The van der Waals surface area contributed by atoms with Gasteiger partial charge in [-0.2, -0.15) is 0 Å². The van der Waals surface area contributed by atoms with E-state index in [1.54, 1.807) is 4.90 Å². The first-order chi connectivity index (χ1) is 14.0. The summed E-state index contributed by atoms with van der Waals surface area (Å²) in [5, 5.41) is 0. The van der Waals surface area contributed by atoms with Gasteiger partial charge in [0.15, 0.2) is 6.61 Å². The monoisotopic (exact) mass is 399 g/mol. The number of hydrogen-bond acceptors (Lipinski definition) is 4. The molecule has 0 spiro atoms. The number of carbonyl (C=O) groups is 3. The Kier molecular flexibility index (Phi) is 6.43. The maximum absolute atomic E-state index is 12.8. The number of anilines is 1. The van der Waals surface area contributed by atoms with Gasteiger partial charge in [0.25, 0.3) is 5.91 Å². The molecule has 152 valence electrons. The maximum Gasteiger partial charge on any atom is 0.276 e. The fraction of sp³-hybridized carbons (Fsp3) is 0.286. The van der Waals surface area contributed by atoms with E-state index in [0.717, 1.165) is 12.1 Å². The average molecular weight is 399 g/mol. The molecule has 1 aliphatic rings. The van der Waals surface area contributed by atoms with Crippen LogP contribution in [0.2, 0.25) is 0 Å². The van der Waals surface area contributed by atoms with Crippen molar-refractivity contribution in [2.75, 3.05) is 18.1 Å². The van der Waals surface area contributed by atoms with Crippen LogP contribution in [0.15, 0.2) is 48.5 Å². The molecular formula is C21H22FN3O4. The molecule has 7 nitrogen and oxygen atoms in total. The minimum absolute atomic E-state index is 0.0727. The van der Waals surface area contributed by atoms with Gasteiger partial charge in [-0.25, -0.2) is 4.39 Å². The van der Waals surface area contributed by atoms with Gasteiger partial charge >= 0.3 is 0 Å². The molecule has 3 rings (SSSR count). The topological polar surface area (TPSA) is 87.7 Å². The minimum Gasteiger partial charge on any atom is -0.484 e. The third-order valence-corrected chi connectivity index (χ3v) is 4.66. The van der Waals surface area contributed by atoms with Gasteiger partial charge < -0.3 is 9.64 Å². The molecule has 0 saturated carbocycles. The van der Waals surface area contributed by atoms with Crippen molar-refractivity contribution in [1.82, 2.24) is 10.9 Å². The molecule has 2 aromatic carbocycles. The molecule has 1 unspecified atom stereocenters. The number of ether oxygens (including phenoxy) is 1. The Morgan fingerprint density at radius 2 is 1.79 bits per heavy atom. The Morgan fingerprint density at radius 1 is 1.10 bits per heavy atom. The van der Waals surface area contributed by atoms with Gasteiger partial charge in [0, 0.05) is 18.7 Å². The first kappa shape index (κ1) is 20.3. The second-order valence-electron chi connectivity index (χ2n) is 6.71. The van der Waals surface area contributed by atoms with Crippen molar-refractivity contribution < 1.29 is 23.5 Å². The van der Waals surface area contributed by atoms with Crippen LogP contribution in [0.4, 0.5) is 10.1 Å². The zero-order chi connectivity index (χ0) is 20.8. The lowest BCUT2D eigenvalue weighted by atomic mass is 10.1. The van der Waals surface area contributed by atoms with Crippen molar-refractivity contribution in [3.63, 3.8) is 0 Å². The van der Waals surface area contributed by atoms with Gasteiger partial charge in [0.1, 0.15) is 11.6 Å². The average Bonchev–Trinajstić information content (AvgIpc) is 3.13. The van der Waals surface area contributed by atoms with Gasteiger partial charge in [0.2, 0.25) is 11.8 Å². The largest absolute Gasteiger partial charge is 0.484 e. The van der Waals surface area contributed by atoms with Crippen molar-refractivity contribution in [2.24, 2.45) is 5.92 Å². The molecule has 2 aromatic rings. The molecule has 0 radical (unpaired) electrons. The number of carbonyl (C=O) groups excluding carboxylic acids is 3. The molecule has 3 amide bonds. The van der Waals surface area contributed by atoms with Gasteiger partial charge in [-0.3, -0.25) is 25.2 Å². The number of amides is 3. The zero-order valence-corrected chi connectivity index (χ0v) is 16.0. The summed E-state index contributed by atoms with van der Waals surface area (Å²) in [6, 6.07) is 12.9. The number of halogens is 1. The number of hydrogen-bond donors (Lipinski definition) is 2. The molecule has 0 bridgehead atoms. The van der Waals surface area contributed by atoms with Gasteiger partial charge in [0.05, 0.1) is 5.92 Å². The van der Waals surface area contributed by atoms with E-state index in [1.807, 2.05) is 24.3 Å². The van der Waals surface area contributed by atoms with Crippen LogP contribution in [0.5, 0.6) is 5.75 Å². The Balaban J connectivity index is 1.46. The van der Waals surface area contributed by atoms with Crippen LogP contribution >= 0.6 is 0 Å². The third kappa shape index (κ3) is 5.31. The quantitative estimate of drug-likeness (QED) is 0.727. The van der Waals surface area contributed by atoms with Gasteiger partial charge in [-0.05, 0) is 48.4 Å². The molecular weight excluding hydrogens is 377 g/mol. The lowest BCUT2D eigenvalue weighted by Gasteiger charge is -2.17. The molecule has 1 saturated heterocycles. The maximum atomic E-state index is 12.8. The summed E-state index contributed by atoms with van der Waals surface area (Å²) in [6.07, 6.45) is 0.979. The van der Waals surface area contributed by atoms with E-state index in [4.69, 9.17) is 4.74 Å². The number of nitrogens with one attached hydrogen (secondary N) is 2. The van der Waals surface area contributed by atoms with Gasteiger partial charge in [-0.15, -0.1) is 0 Å². The van der Waals surface area contributed by atoms with Crippen molar-refractivity contribution in [3.05, 3.63) is 59.9 Å². The second-order valence-corrected chi connectivity index (χ2v) is 6.71. The van der Waals surface area contributed by atoms with E-state index in [0.29, 0.717) is 5.75 Å². The fourth-order valence-corrected chi connectivity index (χ4v) is 2.99. The van der Waals surface area contributed by atoms with Crippen molar-refractivity contribution in [2.45, 2.75) is 19.8 Å². The predicted octanol–water partition coefficient (Wildman–Crippen LogP) is 1.97. The molecule has 1 fully saturated rings. The molecule has 2 N–H and O–H groups in total. The van der Waals surface area contributed by atoms with E-state index < -0.39 is 23.5 Å². The molecule has 1 atom stereocenters. The molecule has 1 aliphatic heterocycles. The molecule has 0 aromatic heterocycles. The minimum atomic E-state index is -0.570. The highest BCUT2D eigenvalue weighted by atomic mass is 19.1. The van der Waals surface area contributed by atoms with Gasteiger partial charge in [-0.1, -0.05) is 19.1 Å². The fourth-order valence-electron chi connectivity index (χ4n) is 2.99.